The second kappa shape index (κ2) is 9.92. The van der Waals surface area contributed by atoms with Crippen LogP contribution in [-0.2, 0) is 0 Å². The number of hydrogen-bond acceptors (Lipinski definition) is 7. The summed E-state index contributed by atoms with van der Waals surface area (Å²) < 4.78 is 21.2. The molecule has 0 saturated carbocycles. The Bertz CT molecular complexity index is 2040. The van der Waals surface area contributed by atoms with Crippen molar-refractivity contribution in [1.82, 2.24) is 9.97 Å². The standard InChI is InChI=1S/C30H17BrClFN4O2S/c31-18-9-10-27-17(11-18)13-20(29(38)39-27)25-15-40-30(35-25)37-26(14-24(36-37)19-6-2-3-7-22(19)33)21-12-16-5-1-4-8-23(16)34-28(21)32/h1-13,15,26H,14H2. The molecule has 6 aromatic rings. The zero-order valence-corrected chi connectivity index (χ0v) is 23.7. The van der Waals surface area contributed by atoms with Gasteiger partial charge in [-0.2, -0.15) is 5.10 Å². The quantitative estimate of drug-likeness (QED) is 0.144. The summed E-state index contributed by atoms with van der Waals surface area (Å²) in [5, 5.41) is 10.9. The summed E-state index contributed by atoms with van der Waals surface area (Å²) in [6, 6.07) is 23.1. The molecule has 0 spiro atoms. The highest BCUT2D eigenvalue weighted by Crippen LogP contribution is 2.42. The number of anilines is 1. The van der Waals surface area contributed by atoms with Crippen molar-refractivity contribution in [2.24, 2.45) is 5.10 Å². The number of nitrogens with zero attached hydrogens (tertiary/aromatic N) is 4. The number of para-hydroxylation sites is 1. The number of benzene rings is 3. The lowest BCUT2D eigenvalue weighted by molar-refractivity contribution is 0.563. The van der Waals surface area contributed by atoms with Gasteiger partial charge >= 0.3 is 5.63 Å². The summed E-state index contributed by atoms with van der Waals surface area (Å²) in [5.74, 6) is -0.357. The highest BCUT2D eigenvalue weighted by molar-refractivity contribution is 9.10. The average Bonchev–Trinajstić information content (AvgIpc) is 3.61. The van der Waals surface area contributed by atoms with E-state index in [1.54, 1.807) is 40.7 Å². The number of thiazole rings is 1. The van der Waals surface area contributed by atoms with E-state index in [0.717, 1.165) is 26.3 Å². The molecule has 1 aliphatic rings. The molecule has 1 atom stereocenters. The van der Waals surface area contributed by atoms with E-state index < -0.39 is 5.63 Å². The summed E-state index contributed by atoms with van der Waals surface area (Å²) in [4.78, 5) is 22.2. The minimum absolute atomic E-state index is 0.340. The normalized spacial score (nSPS) is 15.2. The van der Waals surface area contributed by atoms with Crippen molar-refractivity contribution in [3.8, 4) is 11.3 Å². The first kappa shape index (κ1) is 25.1. The Hall–Kier alpha value is -3.92. The van der Waals surface area contributed by atoms with E-state index >= 15 is 0 Å². The summed E-state index contributed by atoms with van der Waals surface area (Å²) in [7, 11) is 0. The second-order valence-corrected chi connectivity index (χ2v) is 11.4. The number of pyridine rings is 1. The van der Waals surface area contributed by atoms with Crippen LogP contribution in [0.15, 0.2) is 103 Å². The van der Waals surface area contributed by atoms with Gasteiger partial charge in [0.15, 0.2) is 0 Å². The first-order valence-electron chi connectivity index (χ1n) is 12.3. The van der Waals surface area contributed by atoms with Crippen LogP contribution in [0.2, 0.25) is 5.15 Å². The van der Waals surface area contributed by atoms with Crippen molar-refractivity contribution in [3.63, 3.8) is 0 Å². The molecule has 0 fully saturated rings. The molecule has 0 saturated heterocycles. The number of fused-ring (bicyclic) bond motifs is 2. The number of halogens is 3. The van der Waals surface area contributed by atoms with Gasteiger partial charge in [-0.3, -0.25) is 0 Å². The summed E-state index contributed by atoms with van der Waals surface area (Å²) in [6.07, 6.45) is 0.391. The molecule has 1 aliphatic heterocycles. The largest absolute Gasteiger partial charge is 0.422 e. The highest BCUT2D eigenvalue weighted by Gasteiger charge is 2.34. The molecule has 1 unspecified atom stereocenters. The van der Waals surface area contributed by atoms with Gasteiger partial charge in [-0.1, -0.05) is 63.9 Å². The van der Waals surface area contributed by atoms with Crippen LogP contribution < -0.4 is 10.6 Å². The van der Waals surface area contributed by atoms with Crippen LogP contribution >= 0.6 is 38.9 Å². The van der Waals surface area contributed by atoms with Gasteiger partial charge in [0.05, 0.1) is 28.5 Å². The Morgan fingerprint density at radius 1 is 0.975 bits per heavy atom. The van der Waals surface area contributed by atoms with Crippen LogP contribution in [0.25, 0.3) is 33.1 Å². The Balaban J connectivity index is 1.34. The molecule has 4 heterocycles. The molecule has 3 aromatic heterocycles. The van der Waals surface area contributed by atoms with E-state index in [4.69, 9.17) is 26.1 Å². The van der Waals surface area contributed by atoms with Crippen molar-refractivity contribution in [2.45, 2.75) is 12.5 Å². The minimum Gasteiger partial charge on any atom is -0.422 e. The van der Waals surface area contributed by atoms with E-state index in [0.29, 0.717) is 44.8 Å². The van der Waals surface area contributed by atoms with Crippen molar-refractivity contribution in [3.05, 3.63) is 121 Å². The maximum atomic E-state index is 14.8. The van der Waals surface area contributed by atoms with E-state index in [9.17, 15) is 9.18 Å². The minimum atomic E-state index is -0.484. The molecule has 0 N–H and O–H groups in total. The maximum Gasteiger partial charge on any atom is 0.345 e. The van der Waals surface area contributed by atoms with Gasteiger partial charge in [-0.15, -0.1) is 11.3 Å². The zero-order valence-electron chi connectivity index (χ0n) is 20.5. The molecule has 0 amide bonds. The van der Waals surface area contributed by atoms with Gasteiger partial charge in [0, 0.05) is 38.2 Å². The molecule has 7 rings (SSSR count). The van der Waals surface area contributed by atoms with Crippen LogP contribution in [0.4, 0.5) is 9.52 Å². The second-order valence-electron chi connectivity index (χ2n) is 9.30. The molecule has 196 valence electrons. The molecule has 0 radical (unpaired) electrons. The summed E-state index contributed by atoms with van der Waals surface area (Å²) in [5.41, 5.74) is 3.33. The molecule has 0 aliphatic carbocycles. The first-order valence-corrected chi connectivity index (χ1v) is 14.4. The van der Waals surface area contributed by atoms with Gasteiger partial charge in [0.1, 0.15) is 16.6 Å². The SMILES string of the molecule is O=c1oc2ccc(Br)cc2cc1-c1csc(N2N=C(c3ccccc3F)CC2c2cc3ccccc3nc2Cl)n1. The Labute approximate surface area is 244 Å². The number of hydrogen-bond donors (Lipinski definition) is 0. The van der Waals surface area contributed by atoms with Crippen LogP contribution in [0, 0.1) is 5.82 Å². The predicted molar refractivity (Wildman–Crippen MR) is 161 cm³/mol. The monoisotopic (exact) mass is 630 g/mol. The van der Waals surface area contributed by atoms with Gasteiger partial charge in [0.2, 0.25) is 5.13 Å². The molecular formula is C30H17BrClFN4O2S. The number of hydrazone groups is 1. The van der Waals surface area contributed by atoms with Crippen LogP contribution in [0.1, 0.15) is 23.6 Å². The Morgan fingerprint density at radius 3 is 2.67 bits per heavy atom. The van der Waals surface area contributed by atoms with Gasteiger partial charge in [0.25, 0.3) is 0 Å². The fraction of sp³-hybridized carbons (Fsp3) is 0.0667. The molecule has 6 nitrogen and oxygen atoms in total. The Morgan fingerprint density at radius 2 is 1.80 bits per heavy atom. The van der Waals surface area contributed by atoms with Crippen molar-refractivity contribution >= 4 is 71.6 Å². The van der Waals surface area contributed by atoms with Crippen LogP contribution in [0.5, 0.6) is 0 Å². The fourth-order valence-electron chi connectivity index (χ4n) is 4.90. The molecule has 10 heteroatoms. The molecule has 0 bridgehead atoms. The average molecular weight is 632 g/mol. The smallest absolute Gasteiger partial charge is 0.345 e. The van der Waals surface area contributed by atoms with Gasteiger partial charge in [-0.25, -0.2) is 24.2 Å². The maximum absolute atomic E-state index is 14.8. The van der Waals surface area contributed by atoms with Crippen molar-refractivity contribution in [1.29, 1.82) is 0 Å². The third-order valence-corrected chi connectivity index (χ3v) is 8.44. The van der Waals surface area contributed by atoms with E-state index in [1.807, 2.05) is 42.5 Å². The van der Waals surface area contributed by atoms with Gasteiger partial charge in [-0.05, 0) is 42.5 Å². The van der Waals surface area contributed by atoms with Crippen LogP contribution in [-0.4, -0.2) is 15.7 Å². The summed E-state index contributed by atoms with van der Waals surface area (Å²) >= 11 is 11.5. The zero-order chi connectivity index (χ0) is 27.4. The summed E-state index contributed by atoms with van der Waals surface area (Å²) in [6.45, 7) is 0. The third-order valence-electron chi connectivity index (χ3n) is 6.82. The fourth-order valence-corrected chi connectivity index (χ4v) is 6.37. The van der Waals surface area contributed by atoms with Gasteiger partial charge < -0.3 is 4.42 Å². The topological polar surface area (TPSA) is 71.6 Å². The number of rotatable bonds is 4. The van der Waals surface area contributed by atoms with E-state index in [-0.39, 0.29) is 11.9 Å². The van der Waals surface area contributed by atoms with E-state index in [2.05, 4.69) is 20.9 Å². The lowest BCUT2D eigenvalue weighted by Gasteiger charge is -2.22. The molecular weight excluding hydrogens is 615 g/mol. The van der Waals surface area contributed by atoms with E-state index in [1.165, 1.54) is 17.4 Å². The van der Waals surface area contributed by atoms with Crippen molar-refractivity contribution < 1.29 is 8.81 Å². The lowest BCUT2D eigenvalue weighted by atomic mass is 9.98. The third kappa shape index (κ3) is 4.40. The predicted octanol–water partition coefficient (Wildman–Crippen LogP) is 8.38. The highest BCUT2D eigenvalue weighted by atomic mass is 79.9. The lowest BCUT2D eigenvalue weighted by Crippen LogP contribution is -2.19. The Kier molecular flexibility index (Phi) is 6.22. The number of aromatic nitrogens is 2. The first-order chi connectivity index (χ1) is 19.4. The molecule has 3 aromatic carbocycles. The molecule has 40 heavy (non-hydrogen) atoms. The van der Waals surface area contributed by atoms with Crippen LogP contribution in [0.3, 0.4) is 0 Å². The van der Waals surface area contributed by atoms with Crippen molar-refractivity contribution in [2.75, 3.05) is 5.01 Å².